The molecule has 0 atom stereocenters. The molecule has 10 nitrogen and oxygen atoms in total. The number of carbonyl (C=O) groups is 1. The van der Waals surface area contributed by atoms with Crippen molar-refractivity contribution in [3.05, 3.63) is 99.0 Å². The van der Waals surface area contributed by atoms with Gasteiger partial charge in [-0.25, -0.2) is 13.5 Å². The average Bonchev–Trinajstić information content (AvgIpc) is 3.44. The SMILES string of the molecule is O=C(Nc1ccn(Cc2c(F)cccc2Cl)n1)c1ccn(COc2cc(F)ccc2[N+](=O)[O-])n1. The van der Waals surface area contributed by atoms with E-state index in [4.69, 9.17) is 16.3 Å². The van der Waals surface area contributed by atoms with Gasteiger partial charge in [0.25, 0.3) is 5.91 Å². The number of amides is 1. The number of nitro groups is 1. The van der Waals surface area contributed by atoms with Crippen LogP contribution in [0.1, 0.15) is 16.1 Å². The van der Waals surface area contributed by atoms with E-state index in [9.17, 15) is 23.7 Å². The summed E-state index contributed by atoms with van der Waals surface area (Å²) in [4.78, 5) is 22.8. The summed E-state index contributed by atoms with van der Waals surface area (Å²) in [6.07, 6.45) is 2.97. The molecule has 0 unspecified atom stereocenters. The van der Waals surface area contributed by atoms with Gasteiger partial charge in [-0.05, 0) is 24.3 Å². The monoisotopic (exact) mass is 488 g/mol. The molecule has 4 rings (SSSR count). The van der Waals surface area contributed by atoms with Crippen molar-refractivity contribution < 1.29 is 23.2 Å². The molecule has 4 aromatic rings. The van der Waals surface area contributed by atoms with Crippen LogP contribution in [0.25, 0.3) is 0 Å². The first kappa shape index (κ1) is 22.9. The second kappa shape index (κ2) is 9.67. The van der Waals surface area contributed by atoms with Crippen molar-refractivity contribution in [3.8, 4) is 5.75 Å². The van der Waals surface area contributed by atoms with Crippen LogP contribution < -0.4 is 10.1 Å². The molecule has 34 heavy (non-hydrogen) atoms. The number of nitrogens with zero attached hydrogens (tertiary/aromatic N) is 5. The van der Waals surface area contributed by atoms with E-state index in [-0.39, 0.29) is 41.1 Å². The predicted octanol–water partition coefficient (Wildman–Crippen LogP) is 4.26. The van der Waals surface area contributed by atoms with E-state index < -0.39 is 28.2 Å². The van der Waals surface area contributed by atoms with Crippen LogP contribution >= 0.6 is 11.6 Å². The van der Waals surface area contributed by atoms with Gasteiger partial charge < -0.3 is 10.1 Å². The average molecular weight is 489 g/mol. The molecule has 0 saturated heterocycles. The Bertz CT molecular complexity index is 1350. The van der Waals surface area contributed by atoms with Crippen LogP contribution in [0.2, 0.25) is 5.02 Å². The van der Waals surface area contributed by atoms with E-state index >= 15 is 0 Å². The summed E-state index contributed by atoms with van der Waals surface area (Å²) in [5, 5.41) is 22.1. The molecule has 0 aliphatic heterocycles. The van der Waals surface area contributed by atoms with Gasteiger partial charge in [-0.15, -0.1) is 0 Å². The number of carbonyl (C=O) groups excluding carboxylic acids is 1. The molecule has 2 aromatic carbocycles. The summed E-state index contributed by atoms with van der Waals surface area (Å²) in [6, 6.07) is 10.1. The maximum atomic E-state index is 14.0. The molecule has 174 valence electrons. The Morgan fingerprint density at radius 3 is 2.68 bits per heavy atom. The predicted molar refractivity (Wildman–Crippen MR) is 117 cm³/mol. The summed E-state index contributed by atoms with van der Waals surface area (Å²) < 4.78 is 35.3. The highest BCUT2D eigenvalue weighted by atomic mass is 35.5. The maximum absolute atomic E-state index is 14.0. The van der Waals surface area contributed by atoms with Gasteiger partial charge in [0.2, 0.25) is 5.75 Å². The Kier molecular flexibility index (Phi) is 6.50. The number of ether oxygens (including phenoxy) is 1. The molecule has 2 heterocycles. The minimum absolute atomic E-state index is 0.0176. The van der Waals surface area contributed by atoms with Gasteiger partial charge in [0, 0.05) is 41.2 Å². The van der Waals surface area contributed by atoms with Crippen LogP contribution in [0.15, 0.2) is 60.9 Å². The van der Waals surface area contributed by atoms with Gasteiger partial charge >= 0.3 is 5.69 Å². The highest BCUT2D eigenvalue weighted by molar-refractivity contribution is 6.31. The molecule has 0 bridgehead atoms. The molecule has 0 radical (unpaired) electrons. The number of nitrogens with one attached hydrogen (secondary N) is 1. The summed E-state index contributed by atoms with van der Waals surface area (Å²) in [6.45, 7) is -0.227. The first-order valence-corrected chi connectivity index (χ1v) is 10.1. The van der Waals surface area contributed by atoms with Crippen LogP contribution in [-0.4, -0.2) is 30.4 Å². The minimum Gasteiger partial charge on any atom is -0.464 e. The lowest BCUT2D eigenvalue weighted by molar-refractivity contribution is -0.386. The third kappa shape index (κ3) is 5.18. The van der Waals surface area contributed by atoms with E-state index in [0.717, 1.165) is 18.2 Å². The molecule has 0 saturated carbocycles. The first-order chi connectivity index (χ1) is 16.3. The van der Waals surface area contributed by atoms with Gasteiger partial charge in [0.15, 0.2) is 18.2 Å². The fourth-order valence-electron chi connectivity index (χ4n) is 2.99. The van der Waals surface area contributed by atoms with E-state index in [0.29, 0.717) is 0 Å². The topological polar surface area (TPSA) is 117 Å². The number of nitro benzene ring substituents is 1. The molecule has 1 amide bonds. The Morgan fingerprint density at radius 2 is 1.91 bits per heavy atom. The van der Waals surface area contributed by atoms with Crippen LogP contribution in [0.3, 0.4) is 0 Å². The van der Waals surface area contributed by atoms with Crippen molar-refractivity contribution in [3.63, 3.8) is 0 Å². The molecule has 13 heteroatoms. The standard InChI is InChI=1S/C21H15ClF2N6O4/c22-15-2-1-3-16(24)14(15)11-28-9-7-20(27-28)25-21(31)17-6-8-29(26-17)12-34-19-10-13(23)4-5-18(19)30(32)33/h1-10H,11-12H2,(H,25,27,31). The van der Waals surface area contributed by atoms with Crippen LogP contribution in [-0.2, 0) is 13.3 Å². The Balaban J connectivity index is 1.38. The van der Waals surface area contributed by atoms with Gasteiger partial charge in [0.1, 0.15) is 11.6 Å². The summed E-state index contributed by atoms with van der Waals surface area (Å²) in [5.74, 6) is -1.81. The number of hydrogen-bond acceptors (Lipinski definition) is 6. The van der Waals surface area contributed by atoms with Gasteiger partial charge in [-0.3, -0.25) is 19.6 Å². The third-order valence-electron chi connectivity index (χ3n) is 4.61. The zero-order chi connectivity index (χ0) is 24.2. The number of aromatic nitrogens is 4. The number of benzene rings is 2. The molecule has 0 aliphatic carbocycles. The summed E-state index contributed by atoms with van der Waals surface area (Å²) >= 11 is 6.03. The molecule has 2 aromatic heterocycles. The lowest BCUT2D eigenvalue weighted by Gasteiger charge is -2.07. The first-order valence-electron chi connectivity index (χ1n) is 9.68. The van der Waals surface area contributed by atoms with Crippen molar-refractivity contribution in [2.24, 2.45) is 0 Å². The molecular formula is C21H15ClF2N6O4. The van der Waals surface area contributed by atoms with Gasteiger partial charge in [0.05, 0.1) is 11.5 Å². The van der Waals surface area contributed by atoms with Crippen molar-refractivity contribution in [2.75, 3.05) is 5.32 Å². The number of rotatable bonds is 8. The largest absolute Gasteiger partial charge is 0.464 e. The fourth-order valence-corrected chi connectivity index (χ4v) is 3.21. The smallest absolute Gasteiger partial charge is 0.311 e. The van der Waals surface area contributed by atoms with Crippen molar-refractivity contribution >= 4 is 29.0 Å². The summed E-state index contributed by atoms with van der Waals surface area (Å²) in [5.41, 5.74) is -0.120. The molecule has 0 spiro atoms. The number of halogens is 3. The summed E-state index contributed by atoms with van der Waals surface area (Å²) in [7, 11) is 0. The van der Waals surface area contributed by atoms with Crippen LogP contribution in [0, 0.1) is 21.7 Å². The minimum atomic E-state index is -0.698. The molecule has 0 aliphatic rings. The Labute approximate surface area is 195 Å². The fraction of sp³-hybridized carbons (Fsp3) is 0.0952. The van der Waals surface area contributed by atoms with E-state index in [1.165, 1.54) is 39.8 Å². The Hall–Kier alpha value is -4.32. The lowest BCUT2D eigenvalue weighted by Crippen LogP contribution is -2.15. The van der Waals surface area contributed by atoms with Crippen LogP contribution in [0.5, 0.6) is 5.75 Å². The molecule has 0 fully saturated rings. The maximum Gasteiger partial charge on any atom is 0.311 e. The van der Waals surface area contributed by atoms with Crippen molar-refractivity contribution in [1.29, 1.82) is 0 Å². The van der Waals surface area contributed by atoms with Gasteiger partial charge in [-0.1, -0.05) is 17.7 Å². The highest BCUT2D eigenvalue weighted by Gasteiger charge is 2.17. The van der Waals surface area contributed by atoms with Crippen LogP contribution in [0.4, 0.5) is 20.3 Å². The normalized spacial score (nSPS) is 10.8. The van der Waals surface area contributed by atoms with E-state index in [2.05, 4.69) is 15.5 Å². The molecule has 1 N–H and O–H groups in total. The van der Waals surface area contributed by atoms with E-state index in [1.54, 1.807) is 12.3 Å². The third-order valence-corrected chi connectivity index (χ3v) is 4.96. The number of hydrogen-bond donors (Lipinski definition) is 1. The highest BCUT2D eigenvalue weighted by Crippen LogP contribution is 2.27. The van der Waals surface area contributed by atoms with Crippen molar-refractivity contribution in [2.45, 2.75) is 13.3 Å². The van der Waals surface area contributed by atoms with Crippen molar-refractivity contribution in [1.82, 2.24) is 19.6 Å². The molecular weight excluding hydrogens is 474 g/mol. The Morgan fingerprint density at radius 1 is 1.12 bits per heavy atom. The van der Waals surface area contributed by atoms with E-state index in [1.807, 2.05) is 0 Å². The zero-order valence-electron chi connectivity index (χ0n) is 17.2. The quantitative estimate of drug-likeness (QED) is 0.292. The second-order valence-electron chi connectivity index (χ2n) is 6.94. The number of anilines is 1. The van der Waals surface area contributed by atoms with Gasteiger partial charge in [-0.2, -0.15) is 10.2 Å². The second-order valence-corrected chi connectivity index (χ2v) is 7.34. The lowest BCUT2D eigenvalue weighted by atomic mass is 10.2. The zero-order valence-corrected chi connectivity index (χ0v) is 17.9.